The number of aryl methyl sites for hydroxylation is 1. The third kappa shape index (κ3) is 5.65. The molecule has 0 amide bonds. The molecule has 3 aromatic rings. The van der Waals surface area contributed by atoms with Gasteiger partial charge in [-0.15, -0.1) is 0 Å². The van der Waals surface area contributed by atoms with Gasteiger partial charge < -0.3 is 4.74 Å². The molecule has 0 bridgehead atoms. The summed E-state index contributed by atoms with van der Waals surface area (Å²) in [6.07, 6.45) is 3.11. The van der Waals surface area contributed by atoms with Crippen molar-refractivity contribution in [3.63, 3.8) is 0 Å². The topological polar surface area (TPSA) is 39.2 Å². The molecule has 0 radical (unpaired) electrons. The van der Waals surface area contributed by atoms with Gasteiger partial charge in [0.25, 0.3) is 0 Å². The average molecular weight is 440 g/mol. The zero-order valence-electron chi connectivity index (χ0n) is 16.5. The van der Waals surface area contributed by atoms with Gasteiger partial charge >= 0.3 is 5.97 Å². The third-order valence-electron chi connectivity index (χ3n) is 4.56. The van der Waals surface area contributed by atoms with Gasteiger partial charge in [-0.05, 0) is 55.0 Å². The number of hydrogen-bond donors (Lipinski definition) is 0. The lowest BCUT2D eigenvalue weighted by atomic mass is 9.98. The van der Waals surface area contributed by atoms with Crippen LogP contribution in [0.4, 0.5) is 0 Å². The molecular formula is C24H26BrNO2. The summed E-state index contributed by atoms with van der Waals surface area (Å²) in [6.45, 7) is 4.59. The third-order valence-corrected chi connectivity index (χ3v) is 5.05. The maximum Gasteiger partial charge on any atom is 0.305 e. The first-order valence-electron chi connectivity index (χ1n) is 9.83. The highest BCUT2D eigenvalue weighted by Crippen LogP contribution is 2.28. The fraction of sp³-hybridized carbons (Fsp3) is 0.333. The van der Waals surface area contributed by atoms with E-state index in [0.29, 0.717) is 18.9 Å². The van der Waals surface area contributed by atoms with Crippen molar-refractivity contribution in [1.82, 2.24) is 4.98 Å². The maximum absolute atomic E-state index is 11.8. The summed E-state index contributed by atoms with van der Waals surface area (Å²) in [5, 5.41) is 1.13. The second kappa shape index (κ2) is 9.83. The van der Waals surface area contributed by atoms with Gasteiger partial charge in [-0.3, -0.25) is 4.79 Å². The Labute approximate surface area is 175 Å². The zero-order chi connectivity index (χ0) is 19.9. The number of aromatic nitrogens is 1. The van der Waals surface area contributed by atoms with Gasteiger partial charge in [0.15, 0.2) is 0 Å². The van der Waals surface area contributed by atoms with Crippen LogP contribution in [0, 0.1) is 5.92 Å². The number of halogens is 1. The molecule has 1 heterocycles. The molecule has 1 aromatic heterocycles. The lowest BCUT2D eigenvalue weighted by molar-refractivity contribution is -0.144. The van der Waals surface area contributed by atoms with Gasteiger partial charge in [0.1, 0.15) is 0 Å². The Morgan fingerprint density at radius 1 is 1.07 bits per heavy atom. The fourth-order valence-corrected chi connectivity index (χ4v) is 3.52. The second-order valence-electron chi connectivity index (χ2n) is 7.48. The molecule has 0 aliphatic heterocycles. The molecule has 0 atom stereocenters. The number of carbonyl (C=O) groups excluding carboxylic acids is 1. The fourth-order valence-electron chi connectivity index (χ4n) is 3.14. The first-order chi connectivity index (χ1) is 13.5. The number of esters is 1. The van der Waals surface area contributed by atoms with Crippen LogP contribution in [-0.4, -0.2) is 17.6 Å². The first-order valence-corrected chi connectivity index (χ1v) is 10.6. The minimum Gasteiger partial charge on any atom is -0.465 e. The van der Waals surface area contributed by atoms with Crippen molar-refractivity contribution in [2.45, 2.75) is 39.5 Å². The van der Waals surface area contributed by atoms with Crippen LogP contribution in [0.2, 0.25) is 0 Å². The van der Waals surface area contributed by atoms with Crippen LogP contribution in [0.15, 0.2) is 59.1 Å². The van der Waals surface area contributed by atoms with Crippen molar-refractivity contribution in [3.8, 4) is 11.3 Å². The molecule has 0 unspecified atom stereocenters. The molecule has 0 saturated heterocycles. The van der Waals surface area contributed by atoms with E-state index in [-0.39, 0.29) is 5.97 Å². The Balaban J connectivity index is 1.74. The number of hydrogen-bond acceptors (Lipinski definition) is 3. The monoisotopic (exact) mass is 439 g/mol. The van der Waals surface area contributed by atoms with E-state index in [4.69, 9.17) is 9.72 Å². The van der Waals surface area contributed by atoms with Gasteiger partial charge in [-0.2, -0.15) is 0 Å². The summed E-state index contributed by atoms with van der Waals surface area (Å²) in [7, 11) is 0. The lowest BCUT2D eigenvalue weighted by Crippen LogP contribution is -2.09. The zero-order valence-corrected chi connectivity index (χ0v) is 18.0. The van der Waals surface area contributed by atoms with Gasteiger partial charge in [0.05, 0.1) is 17.8 Å². The van der Waals surface area contributed by atoms with Crippen LogP contribution in [-0.2, 0) is 16.0 Å². The van der Waals surface area contributed by atoms with E-state index >= 15 is 0 Å². The number of rotatable bonds is 8. The Morgan fingerprint density at radius 3 is 2.61 bits per heavy atom. The Kier molecular flexibility index (Phi) is 7.21. The molecule has 4 heteroatoms. The first kappa shape index (κ1) is 20.5. The summed E-state index contributed by atoms with van der Waals surface area (Å²) in [6, 6.07) is 18.7. The highest BCUT2D eigenvalue weighted by molar-refractivity contribution is 9.10. The van der Waals surface area contributed by atoms with Gasteiger partial charge in [-0.1, -0.05) is 60.1 Å². The van der Waals surface area contributed by atoms with E-state index in [1.54, 1.807) is 0 Å². The maximum atomic E-state index is 11.8. The van der Waals surface area contributed by atoms with E-state index in [1.807, 2.05) is 44.2 Å². The highest BCUT2D eigenvalue weighted by Gasteiger charge is 2.11. The van der Waals surface area contributed by atoms with Crippen molar-refractivity contribution in [2.75, 3.05) is 6.61 Å². The molecule has 0 N–H and O–H groups in total. The number of carbonyl (C=O) groups is 1. The van der Waals surface area contributed by atoms with E-state index in [2.05, 4.69) is 40.2 Å². The SMILES string of the molecule is CC(C)COC(=O)CCCCc1cc2cc(Br)ccc2nc1-c1ccccc1. The molecule has 0 saturated carbocycles. The van der Waals surface area contributed by atoms with Crippen LogP contribution >= 0.6 is 15.9 Å². The molecule has 28 heavy (non-hydrogen) atoms. The number of unbranched alkanes of at least 4 members (excludes halogenated alkanes) is 1. The van der Waals surface area contributed by atoms with Crippen LogP contribution < -0.4 is 0 Å². The van der Waals surface area contributed by atoms with E-state index in [9.17, 15) is 4.79 Å². The number of ether oxygens (including phenoxy) is 1. The molecule has 0 fully saturated rings. The minimum absolute atomic E-state index is 0.0995. The van der Waals surface area contributed by atoms with Crippen LogP contribution in [0.25, 0.3) is 22.2 Å². The molecule has 0 aliphatic rings. The van der Waals surface area contributed by atoms with Crippen molar-refractivity contribution >= 4 is 32.8 Å². The van der Waals surface area contributed by atoms with Crippen LogP contribution in [0.3, 0.4) is 0 Å². The molecule has 0 aliphatic carbocycles. The van der Waals surface area contributed by atoms with E-state index in [0.717, 1.165) is 45.9 Å². The molecule has 3 rings (SSSR count). The lowest BCUT2D eigenvalue weighted by Gasteiger charge is -2.12. The van der Waals surface area contributed by atoms with Crippen molar-refractivity contribution in [3.05, 3.63) is 64.6 Å². The van der Waals surface area contributed by atoms with Crippen LogP contribution in [0.5, 0.6) is 0 Å². The largest absolute Gasteiger partial charge is 0.465 e. The predicted molar refractivity (Wildman–Crippen MR) is 118 cm³/mol. The Morgan fingerprint density at radius 2 is 1.86 bits per heavy atom. The minimum atomic E-state index is -0.0995. The van der Waals surface area contributed by atoms with Gasteiger partial charge in [0.2, 0.25) is 0 Å². The normalized spacial score (nSPS) is 11.1. The Bertz CT molecular complexity index is 938. The molecule has 2 aromatic carbocycles. The summed E-state index contributed by atoms with van der Waals surface area (Å²) in [5.41, 5.74) is 4.35. The molecule has 0 spiro atoms. The summed E-state index contributed by atoms with van der Waals surface area (Å²) < 4.78 is 6.31. The predicted octanol–water partition coefficient (Wildman–Crippen LogP) is 6.58. The van der Waals surface area contributed by atoms with Gasteiger partial charge in [-0.25, -0.2) is 4.98 Å². The average Bonchev–Trinajstić information content (AvgIpc) is 2.69. The summed E-state index contributed by atoms with van der Waals surface area (Å²) in [5.74, 6) is 0.276. The van der Waals surface area contributed by atoms with Crippen molar-refractivity contribution in [1.29, 1.82) is 0 Å². The van der Waals surface area contributed by atoms with E-state index in [1.165, 1.54) is 5.56 Å². The molecule has 3 nitrogen and oxygen atoms in total. The van der Waals surface area contributed by atoms with Crippen molar-refractivity contribution in [2.24, 2.45) is 5.92 Å². The number of fused-ring (bicyclic) bond motifs is 1. The standard InChI is InChI=1S/C24H26BrNO2/c1-17(2)16-28-23(27)11-7-6-10-19-14-20-15-21(25)12-13-22(20)26-24(19)18-8-4-3-5-9-18/h3-5,8-9,12-15,17H,6-7,10-11,16H2,1-2H3. The number of nitrogens with zero attached hydrogens (tertiary/aromatic N) is 1. The van der Waals surface area contributed by atoms with Crippen molar-refractivity contribution < 1.29 is 9.53 Å². The van der Waals surface area contributed by atoms with Crippen LogP contribution in [0.1, 0.15) is 38.7 Å². The van der Waals surface area contributed by atoms with E-state index < -0.39 is 0 Å². The Hall–Kier alpha value is -2.20. The summed E-state index contributed by atoms with van der Waals surface area (Å²) in [4.78, 5) is 16.8. The molecular weight excluding hydrogens is 414 g/mol. The smallest absolute Gasteiger partial charge is 0.305 e. The second-order valence-corrected chi connectivity index (χ2v) is 8.40. The molecule has 146 valence electrons. The highest BCUT2D eigenvalue weighted by atomic mass is 79.9. The quantitative estimate of drug-likeness (QED) is 0.294. The number of pyridine rings is 1. The number of benzene rings is 2. The summed E-state index contributed by atoms with van der Waals surface area (Å²) >= 11 is 3.55. The van der Waals surface area contributed by atoms with Gasteiger partial charge in [0, 0.05) is 21.8 Å².